The summed E-state index contributed by atoms with van der Waals surface area (Å²) in [5.74, 6) is 1.78. The van der Waals surface area contributed by atoms with Crippen LogP contribution in [0, 0.1) is 5.92 Å². The van der Waals surface area contributed by atoms with Gasteiger partial charge in [-0.1, -0.05) is 26.2 Å². The lowest BCUT2D eigenvalue weighted by Crippen LogP contribution is -2.43. The second kappa shape index (κ2) is 11.6. The van der Waals surface area contributed by atoms with E-state index in [0.29, 0.717) is 29.9 Å². The number of pyridine rings is 1. The van der Waals surface area contributed by atoms with Crippen molar-refractivity contribution in [2.75, 3.05) is 48.8 Å². The van der Waals surface area contributed by atoms with Gasteiger partial charge in [0.05, 0.1) is 17.7 Å². The zero-order valence-corrected chi connectivity index (χ0v) is 22.8. The van der Waals surface area contributed by atoms with E-state index in [2.05, 4.69) is 44.4 Å². The zero-order chi connectivity index (χ0) is 26.6. The molecule has 5 rings (SSSR count). The van der Waals surface area contributed by atoms with E-state index < -0.39 is 0 Å². The third-order valence-electron chi connectivity index (χ3n) is 8.20. The van der Waals surface area contributed by atoms with E-state index in [4.69, 9.17) is 4.98 Å². The van der Waals surface area contributed by atoms with Crippen LogP contribution in [0.25, 0.3) is 0 Å². The second-order valence-electron chi connectivity index (χ2n) is 11.0. The van der Waals surface area contributed by atoms with Gasteiger partial charge < -0.3 is 25.3 Å². The van der Waals surface area contributed by atoms with Crippen molar-refractivity contribution >= 4 is 35.1 Å². The molecule has 10 nitrogen and oxygen atoms in total. The molecule has 0 aromatic carbocycles. The van der Waals surface area contributed by atoms with Crippen molar-refractivity contribution in [3.63, 3.8) is 0 Å². The normalized spacial score (nSPS) is 21.3. The number of likely N-dealkylation sites (tertiary alicyclic amines) is 1. The molecular formula is C28H40N8O2. The van der Waals surface area contributed by atoms with Crippen LogP contribution >= 0.6 is 0 Å². The topological polar surface area (TPSA) is 107 Å². The molecule has 1 aliphatic carbocycles. The van der Waals surface area contributed by atoms with Crippen LogP contribution in [0.2, 0.25) is 0 Å². The van der Waals surface area contributed by atoms with Crippen LogP contribution in [0.3, 0.4) is 0 Å². The largest absolute Gasteiger partial charge is 0.351 e. The number of nitrogens with zero attached hydrogens (tertiary/aromatic N) is 6. The SMILES string of the molecule is CCC[C@H]1CN(C2CCCC2)c2nc(Nc3ccc(C(=O)NC4CCN(C)CC4)cn3)ncc2N(C)C1=O. The summed E-state index contributed by atoms with van der Waals surface area (Å²) in [6, 6.07) is 4.14. The number of aromatic nitrogens is 3. The van der Waals surface area contributed by atoms with Crippen molar-refractivity contribution in [1.82, 2.24) is 25.2 Å². The lowest BCUT2D eigenvalue weighted by molar-refractivity contribution is -0.121. The summed E-state index contributed by atoms with van der Waals surface area (Å²) < 4.78 is 0. The highest BCUT2D eigenvalue weighted by Crippen LogP contribution is 2.38. The molecule has 38 heavy (non-hydrogen) atoms. The first kappa shape index (κ1) is 26.3. The predicted molar refractivity (Wildman–Crippen MR) is 149 cm³/mol. The summed E-state index contributed by atoms with van der Waals surface area (Å²) in [7, 11) is 3.93. The molecule has 2 fully saturated rings. The number of hydrogen-bond donors (Lipinski definition) is 2. The van der Waals surface area contributed by atoms with Gasteiger partial charge in [-0.15, -0.1) is 0 Å². The number of carbonyl (C=O) groups excluding carboxylic acids is 2. The average molecular weight is 521 g/mol. The van der Waals surface area contributed by atoms with E-state index in [1.165, 1.54) is 12.8 Å². The molecule has 3 aliphatic rings. The third kappa shape index (κ3) is 5.75. The standard InChI is InChI=1S/C28H40N8O2/c1-4-7-20-18-36(22-8-5-6-9-22)25-23(35(3)27(20)38)17-30-28(33-25)32-24-11-10-19(16-29-24)26(37)31-21-12-14-34(2)15-13-21/h10-11,16-17,20-22H,4-9,12-15,18H2,1-3H3,(H,31,37)(H,29,30,32,33)/t20-/m0/s1. The van der Waals surface area contributed by atoms with Crippen molar-refractivity contribution in [1.29, 1.82) is 0 Å². The highest BCUT2D eigenvalue weighted by molar-refractivity contribution is 5.99. The van der Waals surface area contributed by atoms with Crippen molar-refractivity contribution in [2.45, 2.75) is 70.4 Å². The number of fused-ring (bicyclic) bond motifs is 1. The van der Waals surface area contributed by atoms with E-state index in [9.17, 15) is 9.59 Å². The lowest BCUT2D eigenvalue weighted by atomic mass is 10.0. The van der Waals surface area contributed by atoms with Gasteiger partial charge in [0.2, 0.25) is 11.9 Å². The highest BCUT2D eigenvalue weighted by atomic mass is 16.2. The van der Waals surface area contributed by atoms with Crippen LogP contribution in [0.15, 0.2) is 24.5 Å². The van der Waals surface area contributed by atoms with Gasteiger partial charge in [0, 0.05) is 31.9 Å². The maximum Gasteiger partial charge on any atom is 0.253 e. The number of hydrogen-bond acceptors (Lipinski definition) is 8. The van der Waals surface area contributed by atoms with Crippen LogP contribution in [-0.2, 0) is 4.79 Å². The molecule has 2 aliphatic heterocycles. The Bertz CT molecular complexity index is 1130. The van der Waals surface area contributed by atoms with Crippen LogP contribution in [0.1, 0.15) is 68.6 Å². The smallest absolute Gasteiger partial charge is 0.253 e. The summed E-state index contributed by atoms with van der Waals surface area (Å²) in [5.41, 5.74) is 1.28. The molecule has 204 valence electrons. The average Bonchev–Trinajstić information content (AvgIpc) is 3.44. The minimum absolute atomic E-state index is 0.0499. The zero-order valence-electron chi connectivity index (χ0n) is 22.8. The molecule has 1 saturated heterocycles. The van der Waals surface area contributed by atoms with Crippen LogP contribution in [0.4, 0.5) is 23.3 Å². The van der Waals surface area contributed by atoms with Crippen molar-refractivity contribution in [3.05, 3.63) is 30.1 Å². The van der Waals surface area contributed by atoms with E-state index in [1.807, 2.05) is 7.05 Å². The highest BCUT2D eigenvalue weighted by Gasteiger charge is 2.36. The van der Waals surface area contributed by atoms with E-state index in [0.717, 1.165) is 63.1 Å². The molecule has 2 N–H and O–H groups in total. The molecule has 2 aromatic rings. The summed E-state index contributed by atoms with van der Waals surface area (Å²) >= 11 is 0. The molecule has 2 amide bonds. The van der Waals surface area contributed by atoms with E-state index in [-0.39, 0.29) is 23.8 Å². The third-order valence-corrected chi connectivity index (χ3v) is 8.20. The summed E-state index contributed by atoms with van der Waals surface area (Å²) in [5, 5.41) is 6.33. The Morgan fingerprint density at radius 2 is 1.82 bits per heavy atom. The Hall–Kier alpha value is -3.27. The fourth-order valence-corrected chi connectivity index (χ4v) is 5.91. The molecule has 0 unspecified atom stereocenters. The Morgan fingerprint density at radius 3 is 2.50 bits per heavy atom. The Labute approximate surface area is 225 Å². The maximum atomic E-state index is 13.2. The molecule has 4 heterocycles. The van der Waals surface area contributed by atoms with Gasteiger partial charge in [-0.2, -0.15) is 4.98 Å². The Balaban J connectivity index is 1.32. The molecule has 1 saturated carbocycles. The number of amides is 2. The van der Waals surface area contributed by atoms with E-state index in [1.54, 1.807) is 29.4 Å². The molecule has 0 bridgehead atoms. The van der Waals surface area contributed by atoms with Gasteiger partial charge in [-0.3, -0.25) is 9.59 Å². The molecule has 0 spiro atoms. The van der Waals surface area contributed by atoms with Crippen molar-refractivity contribution in [2.24, 2.45) is 5.92 Å². The van der Waals surface area contributed by atoms with Crippen molar-refractivity contribution in [3.8, 4) is 0 Å². The molecule has 2 aromatic heterocycles. The summed E-state index contributed by atoms with van der Waals surface area (Å²) in [6.45, 7) is 4.80. The molecule has 1 atom stereocenters. The number of piperidine rings is 1. The van der Waals surface area contributed by atoms with Gasteiger partial charge in [-0.25, -0.2) is 9.97 Å². The predicted octanol–water partition coefficient (Wildman–Crippen LogP) is 3.58. The fraction of sp³-hybridized carbons (Fsp3) is 0.607. The second-order valence-corrected chi connectivity index (χ2v) is 11.0. The minimum atomic E-state index is -0.0959. The summed E-state index contributed by atoms with van der Waals surface area (Å²) in [4.78, 5) is 46.2. The van der Waals surface area contributed by atoms with Crippen LogP contribution in [0.5, 0.6) is 0 Å². The number of anilines is 4. The van der Waals surface area contributed by atoms with Gasteiger partial charge in [0.25, 0.3) is 5.91 Å². The van der Waals surface area contributed by atoms with Gasteiger partial charge in [0.1, 0.15) is 11.5 Å². The molecule has 10 heteroatoms. The number of carbonyl (C=O) groups is 2. The first-order valence-corrected chi connectivity index (χ1v) is 14.1. The van der Waals surface area contributed by atoms with Crippen molar-refractivity contribution < 1.29 is 9.59 Å². The quantitative estimate of drug-likeness (QED) is 0.571. The molecular weight excluding hydrogens is 480 g/mol. The maximum absolute atomic E-state index is 13.2. The first-order chi connectivity index (χ1) is 18.4. The summed E-state index contributed by atoms with van der Waals surface area (Å²) in [6.07, 6.45) is 11.7. The minimum Gasteiger partial charge on any atom is -0.351 e. The Morgan fingerprint density at radius 1 is 1.05 bits per heavy atom. The first-order valence-electron chi connectivity index (χ1n) is 14.1. The number of nitrogens with one attached hydrogen (secondary N) is 2. The monoisotopic (exact) mass is 520 g/mol. The fourth-order valence-electron chi connectivity index (χ4n) is 5.91. The Kier molecular flexibility index (Phi) is 8.06. The molecule has 0 radical (unpaired) electrons. The van der Waals surface area contributed by atoms with Crippen LogP contribution < -0.4 is 20.4 Å². The van der Waals surface area contributed by atoms with Gasteiger partial charge >= 0.3 is 0 Å². The number of rotatable bonds is 7. The lowest BCUT2D eigenvalue weighted by Gasteiger charge is -2.31. The van der Waals surface area contributed by atoms with Gasteiger partial charge in [-0.05, 0) is 64.4 Å². The van der Waals surface area contributed by atoms with Gasteiger partial charge in [0.15, 0.2) is 5.82 Å². The van der Waals surface area contributed by atoms with Crippen LogP contribution in [-0.4, -0.2) is 77.5 Å². The van der Waals surface area contributed by atoms with E-state index >= 15 is 0 Å².